The van der Waals surface area contributed by atoms with Crippen molar-refractivity contribution in [2.24, 2.45) is 0 Å². The van der Waals surface area contributed by atoms with Crippen molar-refractivity contribution in [3.8, 4) is 5.75 Å². The molecule has 0 saturated carbocycles. The molecule has 0 saturated heterocycles. The second-order valence-electron chi connectivity index (χ2n) is 5.04. The van der Waals surface area contributed by atoms with Crippen LogP contribution in [0.4, 0.5) is 8.78 Å². The van der Waals surface area contributed by atoms with Crippen LogP contribution in [0.3, 0.4) is 0 Å². The number of halogens is 2. The van der Waals surface area contributed by atoms with E-state index in [0.29, 0.717) is 29.8 Å². The minimum atomic E-state index is -2.89. The first-order valence-corrected chi connectivity index (χ1v) is 7.12. The molecule has 0 bridgehead atoms. The standard InChI is InChI=1S/C12H14F2O2.C4H11NO/c1-8-6-10(7-15)4-5-11(8)16-9(2)12(3,13)14;1-5-3-2-4-6/h4-7,9H,1-3H3;5-6H,2-4H2,1H3/t9-;/m1./s1. The van der Waals surface area contributed by atoms with E-state index >= 15 is 0 Å². The molecule has 1 aromatic rings. The summed E-state index contributed by atoms with van der Waals surface area (Å²) >= 11 is 0. The molecule has 0 aliphatic rings. The number of ether oxygens (including phenoxy) is 1. The average molecular weight is 317 g/mol. The van der Waals surface area contributed by atoms with Gasteiger partial charge in [0, 0.05) is 19.1 Å². The molecule has 4 nitrogen and oxygen atoms in total. The number of hydrogen-bond donors (Lipinski definition) is 2. The van der Waals surface area contributed by atoms with Crippen LogP contribution in [-0.4, -0.2) is 43.6 Å². The van der Waals surface area contributed by atoms with Crippen LogP contribution in [-0.2, 0) is 0 Å². The highest BCUT2D eigenvalue weighted by molar-refractivity contribution is 5.75. The summed E-state index contributed by atoms with van der Waals surface area (Å²) in [6, 6.07) is 4.67. The number of carbonyl (C=O) groups excluding carboxylic acids is 1. The highest BCUT2D eigenvalue weighted by Crippen LogP contribution is 2.25. The molecular formula is C16H25F2NO3. The van der Waals surface area contributed by atoms with Crippen molar-refractivity contribution < 1.29 is 23.4 Å². The van der Waals surface area contributed by atoms with Crippen LogP contribution < -0.4 is 10.1 Å². The molecule has 0 radical (unpaired) electrons. The van der Waals surface area contributed by atoms with Gasteiger partial charge in [-0.2, -0.15) is 0 Å². The Morgan fingerprint density at radius 2 is 2.09 bits per heavy atom. The predicted molar refractivity (Wildman–Crippen MR) is 82.9 cm³/mol. The zero-order valence-corrected chi connectivity index (χ0v) is 13.5. The van der Waals surface area contributed by atoms with E-state index in [9.17, 15) is 13.6 Å². The summed E-state index contributed by atoms with van der Waals surface area (Å²) in [5.74, 6) is -2.52. The van der Waals surface area contributed by atoms with Gasteiger partial charge in [-0.05, 0) is 57.6 Å². The Hall–Kier alpha value is -1.53. The van der Waals surface area contributed by atoms with Gasteiger partial charge in [0.25, 0.3) is 5.92 Å². The Labute approximate surface area is 130 Å². The normalized spacial score (nSPS) is 12.1. The number of nitrogens with one attached hydrogen (secondary N) is 1. The maximum absolute atomic E-state index is 12.9. The van der Waals surface area contributed by atoms with Gasteiger partial charge in [-0.25, -0.2) is 8.78 Å². The van der Waals surface area contributed by atoms with Gasteiger partial charge in [-0.15, -0.1) is 0 Å². The second kappa shape index (κ2) is 10.2. The molecular weight excluding hydrogens is 292 g/mol. The van der Waals surface area contributed by atoms with E-state index in [4.69, 9.17) is 9.84 Å². The fourth-order valence-corrected chi connectivity index (χ4v) is 1.43. The number of rotatable bonds is 7. The van der Waals surface area contributed by atoms with Crippen LogP contribution in [0.15, 0.2) is 18.2 Å². The van der Waals surface area contributed by atoms with Gasteiger partial charge in [0.05, 0.1) is 0 Å². The first-order chi connectivity index (χ1) is 10.3. The van der Waals surface area contributed by atoms with Crippen molar-refractivity contribution in [3.63, 3.8) is 0 Å². The van der Waals surface area contributed by atoms with Crippen LogP contribution in [0.2, 0.25) is 0 Å². The monoisotopic (exact) mass is 317 g/mol. The first-order valence-electron chi connectivity index (χ1n) is 7.12. The molecule has 0 unspecified atom stereocenters. The number of aldehydes is 1. The maximum Gasteiger partial charge on any atom is 0.281 e. The van der Waals surface area contributed by atoms with Crippen LogP contribution in [0.5, 0.6) is 5.75 Å². The first kappa shape index (κ1) is 20.5. The molecule has 0 aliphatic heterocycles. The molecule has 6 heteroatoms. The van der Waals surface area contributed by atoms with E-state index in [1.807, 2.05) is 7.05 Å². The lowest BCUT2D eigenvalue weighted by Gasteiger charge is -2.21. The SMILES string of the molecule is CNCCCO.Cc1cc(C=O)ccc1O[C@H](C)C(C)(F)F. The van der Waals surface area contributed by atoms with Crippen molar-refractivity contribution in [1.29, 1.82) is 0 Å². The zero-order chi connectivity index (χ0) is 17.2. The molecule has 2 N–H and O–H groups in total. The molecule has 126 valence electrons. The van der Waals surface area contributed by atoms with E-state index in [2.05, 4.69) is 5.32 Å². The number of hydrogen-bond acceptors (Lipinski definition) is 4. The topological polar surface area (TPSA) is 58.6 Å². The maximum atomic E-state index is 12.9. The number of alkyl halides is 2. The van der Waals surface area contributed by atoms with Gasteiger partial charge in [0.1, 0.15) is 12.0 Å². The Balaban J connectivity index is 0.000000626. The molecule has 0 aromatic heterocycles. The zero-order valence-electron chi connectivity index (χ0n) is 13.5. The van der Waals surface area contributed by atoms with Crippen LogP contribution in [0.25, 0.3) is 0 Å². The summed E-state index contributed by atoms with van der Waals surface area (Å²) in [6.45, 7) is 5.04. The quantitative estimate of drug-likeness (QED) is 0.600. The van der Waals surface area contributed by atoms with Crippen molar-refractivity contribution in [2.75, 3.05) is 20.2 Å². The minimum absolute atomic E-state index is 0.292. The molecule has 0 fully saturated rings. The Kier molecular flexibility index (Phi) is 9.53. The summed E-state index contributed by atoms with van der Waals surface area (Å²) in [7, 11) is 1.87. The van der Waals surface area contributed by atoms with Crippen molar-refractivity contribution in [3.05, 3.63) is 29.3 Å². The fourth-order valence-electron chi connectivity index (χ4n) is 1.43. The van der Waals surface area contributed by atoms with E-state index in [-0.39, 0.29) is 0 Å². The highest BCUT2D eigenvalue weighted by Gasteiger charge is 2.32. The molecule has 22 heavy (non-hydrogen) atoms. The van der Waals surface area contributed by atoms with Crippen molar-refractivity contribution in [1.82, 2.24) is 5.32 Å². The third kappa shape index (κ3) is 8.05. The van der Waals surface area contributed by atoms with Gasteiger partial charge in [-0.1, -0.05) is 0 Å². The van der Waals surface area contributed by atoms with E-state index < -0.39 is 12.0 Å². The molecule has 0 spiro atoms. The predicted octanol–water partition coefficient (Wildman–Crippen LogP) is 2.82. The van der Waals surface area contributed by atoms with Gasteiger partial charge < -0.3 is 15.2 Å². The molecule has 0 amide bonds. The number of aliphatic hydroxyl groups is 1. The highest BCUT2D eigenvalue weighted by atomic mass is 19.3. The van der Waals surface area contributed by atoms with Crippen LogP contribution in [0, 0.1) is 6.92 Å². The Morgan fingerprint density at radius 1 is 1.45 bits per heavy atom. The van der Waals surface area contributed by atoms with E-state index in [1.165, 1.54) is 19.1 Å². The largest absolute Gasteiger partial charge is 0.484 e. The fraction of sp³-hybridized carbons (Fsp3) is 0.562. The van der Waals surface area contributed by atoms with Gasteiger partial charge in [0.2, 0.25) is 0 Å². The number of benzene rings is 1. The minimum Gasteiger partial charge on any atom is -0.484 e. The molecule has 1 rings (SSSR count). The van der Waals surface area contributed by atoms with Gasteiger partial charge >= 0.3 is 0 Å². The summed E-state index contributed by atoms with van der Waals surface area (Å²) in [5.41, 5.74) is 1.17. The average Bonchev–Trinajstić information content (AvgIpc) is 2.46. The molecule has 1 aromatic carbocycles. The van der Waals surface area contributed by atoms with Crippen molar-refractivity contribution >= 4 is 6.29 Å². The third-order valence-corrected chi connectivity index (χ3v) is 2.94. The lowest BCUT2D eigenvalue weighted by molar-refractivity contribution is -0.0719. The van der Waals surface area contributed by atoms with E-state index in [0.717, 1.165) is 19.9 Å². The lowest BCUT2D eigenvalue weighted by atomic mass is 10.1. The number of carbonyl (C=O) groups is 1. The lowest BCUT2D eigenvalue weighted by Crippen LogP contribution is -2.32. The van der Waals surface area contributed by atoms with Gasteiger partial charge in [0.15, 0.2) is 6.10 Å². The number of aliphatic hydroxyl groups excluding tert-OH is 1. The smallest absolute Gasteiger partial charge is 0.281 e. The van der Waals surface area contributed by atoms with Gasteiger partial charge in [-0.3, -0.25) is 4.79 Å². The second-order valence-corrected chi connectivity index (χ2v) is 5.04. The Morgan fingerprint density at radius 3 is 2.45 bits per heavy atom. The summed E-state index contributed by atoms with van der Waals surface area (Å²) < 4.78 is 30.9. The third-order valence-electron chi connectivity index (χ3n) is 2.94. The summed E-state index contributed by atoms with van der Waals surface area (Å²) in [5, 5.41) is 11.1. The summed E-state index contributed by atoms with van der Waals surface area (Å²) in [4.78, 5) is 10.5. The van der Waals surface area contributed by atoms with E-state index in [1.54, 1.807) is 13.0 Å². The molecule has 0 heterocycles. The van der Waals surface area contributed by atoms with Crippen molar-refractivity contribution in [2.45, 2.75) is 39.2 Å². The Bertz CT molecular complexity index is 444. The van der Waals surface area contributed by atoms with Crippen LogP contribution >= 0.6 is 0 Å². The molecule has 1 atom stereocenters. The molecule has 0 aliphatic carbocycles. The summed E-state index contributed by atoms with van der Waals surface area (Å²) in [6.07, 6.45) is 0.360. The van der Waals surface area contributed by atoms with Crippen LogP contribution in [0.1, 0.15) is 36.2 Å². The number of aryl methyl sites for hydroxylation is 1.